The molecule has 0 aromatic rings. The van der Waals surface area contributed by atoms with E-state index in [2.05, 4.69) is 33.0 Å². The van der Waals surface area contributed by atoms with Gasteiger partial charge in [0.1, 0.15) is 0 Å². The van der Waals surface area contributed by atoms with E-state index >= 15 is 0 Å². The van der Waals surface area contributed by atoms with E-state index in [-0.39, 0.29) is 18.0 Å². The van der Waals surface area contributed by atoms with E-state index in [1.54, 1.807) is 0 Å². The lowest BCUT2D eigenvalue weighted by Crippen LogP contribution is -2.54. The third-order valence-corrected chi connectivity index (χ3v) is 4.50. The average molecular weight is 276 g/mol. The van der Waals surface area contributed by atoms with Gasteiger partial charge in [-0.05, 0) is 44.2 Å². The number of halogens is 2. The predicted octanol–water partition coefficient (Wildman–Crippen LogP) is 3.38. The number of alkyl halides is 2. The van der Waals surface area contributed by atoms with Crippen LogP contribution >= 0.6 is 0 Å². The fraction of sp³-hybridized carbons (Fsp3) is 1.00. The Morgan fingerprint density at radius 3 is 2.37 bits per heavy atom. The molecule has 19 heavy (non-hydrogen) atoms. The number of hydrogen-bond donors (Lipinski definition) is 1. The van der Waals surface area contributed by atoms with Crippen molar-refractivity contribution in [1.82, 2.24) is 10.2 Å². The molecule has 2 nitrogen and oxygen atoms in total. The minimum absolute atomic E-state index is 0.122. The van der Waals surface area contributed by atoms with Crippen molar-refractivity contribution in [3.63, 3.8) is 0 Å². The maximum Gasteiger partial charge on any atom is 0.251 e. The van der Waals surface area contributed by atoms with Gasteiger partial charge in [-0.3, -0.25) is 4.90 Å². The first-order chi connectivity index (χ1) is 8.75. The van der Waals surface area contributed by atoms with Crippen molar-refractivity contribution in [3.8, 4) is 0 Å². The van der Waals surface area contributed by atoms with Gasteiger partial charge in [-0.2, -0.15) is 0 Å². The summed E-state index contributed by atoms with van der Waals surface area (Å²) in [7, 11) is 1.84. The van der Waals surface area contributed by atoms with E-state index in [4.69, 9.17) is 0 Å². The second-order valence-electron chi connectivity index (χ2n) is 6.94. The highest BCUT2D eigenvalue weighted by Crippen LogP contribution is 2.39. The molecule has 0 saturated heterocycles. The Hall–Kier alpha value is -0.220. The second-order valence-corrected chi connectivity index (χ2v) is 6.94. The number of hydrogen-bond acceptors (Lipinski definition) is 2. The quantitative estimate of drug-likeness (QED) is 0.828. The van der Waals surface area contributed by atoms with E-state index in [9.17, 15) is 8.78 Å². The molecule has 3 unspecified atom stereocenters. The SMILES string of the molecule is CCNC1CCC(C(C)(C)C)CC1N(C)CC(F)F. The van der Waals surface area contributed by atoms with Crippen molar-refractivity contribution in [2.75, 3.05) is 20.1 Å². The van der Waals surface area contributed by atoms with E-state index < -0.39 is 6.43 Å². The molecule has 1 aliphatic carbocycles. The monoisotopic (exact) mass is 276 g/mol. The molecule has 0 amide bonds. The highest BCUT2D eigenvalue weighted by molar-refractivity contribution is 4.93. The van der Waals surface area contributed by atoms with Gasteiger partial charge in [0.25, 0.3) is 6.43 Å². The van der Waals surface area contributed by atoms with Gasteiger partial charge in [-0.15, -0.1) is 0 Å². The molecule has 1 saturated carbocycles. The van der Waals surface area contributed by atoms with Crippen molar-refractivity contribution in [2.24, 2.45) is 11.3 Å². The van der Waals surface area contributed by atoms with Crippen LogP contribution in [-0.4, -0.2) is 43.5 Å². The minimum atomic E-state index is -2.25. The third-order valence-electron chi connectivity index (χ3n) is 4.50. The Morgan fingerprint density at radius 2 is 1.89 bits per heavy atom. The van der Waals surface area contributed by atoms with Gasteiger partial charge in [0.2, 0.25) is 0 Å². The lowest BCUT2D eigenvalue weighted by atomic mass is 9.69. The van der Waals surface area contributed by atoms with Crippen LogP contribution in [0.15, 0.2) is 0 Å². The lowest BCUT2D eigenvalue weighted by molar-refractivity contribution is 0.0316. The van der Waals surface area contributed by atoms with Crippen LogP contribution in [0.1, 0.15) is 47.0 Å². The maximum atomic E-state index is 12.6. The zero-order chi connectivity index (χ0) is 14.6. The summed E-state index contributed by atoms with van der Waals surface area (Å²) in [5, 5.41) is 3.47. The van der Waals surface area contributed by atoms with Crippen LogP contribution in [0, 0.1) is 11.3 Å². The molecule has 114 valence electrons. The molecule has 1 rings (SSSR count). The Balaban J connectivity index is 2.72. The molecule has 0 aromatic heterocycles. The van der Waals surface area contributed by atoms with Gasteiger partial charge in [0.15, 0.2) is 0 Å². The fourth-order valence-electron chi connectivity index (χ4n) is 3.27. The first-order valence-corrected chi connectivity index (χ1v) is 7.47. The summed E-state index contributed by atoms with van der Waals surface area (Å²) < 4.78 is 25.2. The van der Waals surface area contributed by atoms with Crippen LogP contribution in [0.25, 0.3) is 0 Å². The lowest BCUT2D eigenvalue weighted by Gasteiger charge is -2.45. The number of rotatable bonds is 5. The summed E-state index contributed by atoms with van der Waals surface area (Å²) in [4.78, 5) is 1.86. The van der Waals surface area contributed by atoms with Gasteiger partial charge in [-0.25, -0.2) is 8.78 Å². The van der Waals surface area contributed by atoms with Gasteiger partial charge < -0.3 is 5.32 Å². The normalized spacial score (nSPS) is 29.2. The van der Waals surface area contributed by atoms with Crippen LogP contribution in [0.4, 0.5) is 8.78 Å². The number of nitrogens with one attached hydrogen (secondary N) is 1. The maximum absolute atomic E-state index is 12.6. The topological polar surface area (TPSA) is 15.3 Å². The van der Waals surface area contributed by atoms with Crippen LogP contribution < -0.4 is 5.32 Å². The fourth-order valence-corrected chi connectivity index (χ4v) is 3.27. The van der Waals surface area contributed by atoms with E-state index in [1.807, 2.05) is 11.9 Å². The van der Waals surface area contributed by atoms with E-state index in [0.29, 0.717) is 12.0 Å². The molecule has 1 fully saturated rings. The average Bonchev–Trinajstić information content (AvgIpc) is 2.27. The first-order valence-electron chi connectivity index (χ1n) is 7.47. The molecule has 0 aromatic carbocycles. The molecule has 3 atom stereocenters. The molecule has 1 N–H and O–H groups in total. The highest BCUT2D eigenvalue weighted by Gasteiger charge is 2.37. The Bertz CT molecular complexity index is 263. The zero-order valence-corrected chi connectivity index (χ0v) is 13.0. The molecule has 0 aliphatic heterocycles. The van der Waals surface area contributed by atoms with Gasteiger partial charge in [0, 0.05) is 12.1 Å². The summed E-state index contributed by atoms with van der Waals surface area (Å²) in [6.45, 7) is 9.65. The molecule has 0 spiro atoms. The molecule has 1 aliphatic rings. The van der Waals surface area contributed by atoms with Crippen molar-refractivity contribution in [1.29, 1.82) is 0 Å². The second kappa shape index (κ2) is 6.98. The summed E-state index contributed by atoms with van der Waals surface area (Å²) in [5.74, 6) is 0.618. The van der Waals surface area contributed by atoms with Crippen molar-refractivity contribution >= 4 is 0 Å². The molecular formula is C15H30F2N2. The summed E-state index contributed by atoms with van der Waals surface area (Å²) in [5.41, 5.74) is 0.265. The molecule has 0 bridgehead atoms. The van der Waals surface area contributed by atoms with Crippen molar-refractivity contribution in [2.45, 2.75) is 65.5 Å². The van der Waals surface area contributed by atoms with Crippen LogP contribution in [-0.2, 0) is 0 Å². The molecule has 4 heteroatoms. The first kappa shape index (κ1) is 16.8. The van der Waals surface area contributed by atoms with Crippen LogP contribution in [0.3, 0.4) is 0 Å². The molecule has 0 radical (unpaired) electrons. The van der Waals surface area contributed by atoms with Crippen molar-refractivity contribution < 1.29 is 8.78 Å². The highest BCUT2D eigenvalue weighted by atomic mass is 19.3. The van der Waals surface area contributed by atoms with Crippen molar-refractivity contribution in [3.05, 3.63) is 0 Å². The Morgan fingerprint density at radius 1 is 1.26 bits per heavy atom. The summed E-state index contributed by atoms with van der Waals surface area (Å²) >= 11 is 0. The molecular weight excluding hydrogens is 246 g/mol. The predicted molar refractivity (Wildman–Crippen MR) is 76.7 cm³/mol. The summed E-state index contributed by atoms with van der Waals surface area (Å²) in [6.07, 6.45) is 1.06. The minimum Gasteiger partial charge on any atom is -0.313 e. The standard InChI is InChI=1S/C15H30F2N2/c1-6-18-12-8-7-11(15(2,3)4)9-13(12)19(5)10-14(16)17/h11-14,18H,6-10H2,1-5H3. The zero-order valence-electron chi connectivity index (χ0n) is 13.0. The number of likely N-dealkylation sites (N-methyl/N-ethyl adjacent to an activating group) is 2. The third kappa shape index (κ3) is 4.99. The summed E-state index contributed by atoms with van der Waals surface area (Å²) in [6, 6.07) is 0.583. The Kier molecular flexibility index (Phi) is 6.18. The smallest absolute Gasteiger partial charge is 0.251 e. The number of nitrogens with zero attached hydrogens (tertiary/aromatic N) is 1. The largest absolute Gasteiger partial charge is 0.313 e. The van der Waals surface area contributed by atoms with Crippen LogP contribution in [0.5, 0.6) is 0 Å². The van der Waals surface area contributed by atoms with E-state index in [1.165, 1.54) is 6.42 Å². The Labute approximate surface area is 116 Å². The molecule has 0 heterocycles. The van der Waals surface area contributed by atoms with Gasteiger partial charge in [-0.1, -0.05) is 27.7 Å². The van der Waals surface area contributed by atoms with Gasteiger partial charge >= 0.3 is 0 Å². The van der Waals surface area contributed by atoms with E-state index in [0.717, 1.165) is 19.4 Å². The van der Waals surface area contributed by atoms with Crippen LogP contribution in [0.2, 0.25) is 0 Å². The van der Waals surface area contributed by atoms with Gasteiger partial charge in [0.05, 0.1) is 6.54 Å².